The minimum atomic E-state index is -0.500. The molecule has 3 aromatic rings. The zero-order valence-electron chi connectivity index (χ0n) is 15.5. The van der Waals surface area contributed by atoms with Crippen LogP contribution in [0.25, 0.3) is 10.9 Å². The van der Waals surface area contributed by atoms with Crippen molar-refractivity contribution in [2.75, 3.05) is 0 Å². The lowest BCUT2D eigenvalue weighted by Crippen LogP contribution is -2.42. The fourth-order valence-electron chi connectivity index (χ4n) is 3.93. The van der Waals surface area contributed by atoms with E-state index in [-0.39, 0.29) is 22.9 Å². The quantitative estimate of drug-likeness (QED) is 0.744. The lowest BCUT2D eigenvalue weighted by Gasteiger charge is -2.34. The van der Waals surface area contributed by atoms with Gasteiger partial charge in [0.05, 0.1) is 12.2 Å². The molecule has 2 aromatic heterocycles. The molecule has 0 saturated heterocycles. The topological polar surface area (TPSA) is 66.1 Å². The van der Waals surface area contributed by atoms with E-state index in [0.29, 0.717) is 12.1 Å². The van der Waals surface area contributed by atoms with Gasteiger partial charge in [0, 0.05) is 29.3 Å². The molecule has 28 heavy (non-hydrogen) atoms. The van der Waals surface area contributed by atoms with Gasteiger partial charge in [-0.2, -0.15) is 0 Å². The Morgan fingerprint density at radius 3 is 2.75 bits per heavy atom. The fourth-order valence-corrected chi connectivity index (χ4v) is 3.93. The Labute approximate surface area is 162 Å². The molecule has 5 nitrogen and oxygen atoms in total. The third-order valence-corrected chi connectivity index (χ3v) is 5.41. The summed E-state index contributed by atoms with van der Waals surface area (Å²) >= 11 is 0. The van der Waals surface area contributed by atoms with E-state index in [1.165, 1.54) is 24.4 Å². The highest BCUT2D eigenvalue weighted by molar-refractivity contribution is 5.97. The van der Waals surface area contributed by atoms with Crippen LogP contribution in [0.15, 0.2) is 53.6 Å². The van der Waals surface area contributed by atoms with Crippen molar-refractivity contribution in [1.82, 2.24) is 14.9 Å². The minimum absolute atomic E-state index is 0.0413. The molecule has 0 atom stereocenters. The molecule has 1 amide bonds. The molecule has 0 radical (unpaired) electrons. The maximum absolute atomic E-state index is 13.6. The van der Waals surface area contributed by atoms with E-state index in [4.69, 9.17) is 0 Å². The van der Waals surface area contributed by atoms with Crippen molar-refractivity contribution >= 4 is 16.8 Å². The number of halogens is 1. The zero-order chi connectivity index (χ0) is 19.5. The van der Waals surface area contributed by atoms with Gasteiger partial charge in [0.1, 0.15) is 11.4 Å². The van der Waals surface area contributed by atoms with Gasteiger partial charge in [-0.1, -0.05) is 25.3 Å². The monoisotopic (exact) mass is 379 g/mol. The van der Waals surface area contributed by atoms with Crippen LogP contribution in [0.1, 0.15) is 48.2 Å². The van der Waals surface area contributed by atoms with Crippen molar-refractivity contribution in [3.05, 3.63) is 76.1 Å². The Bertz CT molecular complexity index is 1040. The number of fused-ring (bicyclic) bond motifs is 1. The van der Waals surface area contributed by atoms with E-state index in [0.717, 1.165) is 37.8 Å². The maximum Gasteiger partial charge on any atom is 0.259 e. The Kier molecular flexibility index (Phi) is 5.19. The standard InChI is InChI=1S/C22H22FN3O2/c23-15-9-10-20-18(12-15)21(27)19(13-25-20)22(28)26(17-7-2-1-3-8-17)14-16-6-4-5-11-24-16/h4-6,9-13,17H,1-3,7-8,14H2,(H,25,27). The number of aromatic amines is 1. The summed E-state index contributed by atoms with van der Waals surface area (Å²) in [6.07, 6.45) is 8.27. The number of hydrogen-bond donors (Lipinski definition) is 1. The first-order chi connectivity index (χ1) is 13.6. The molecule has 1 aromatic carbocycles. The van der Waals surface area contributed by atoms with Crippen LogP contribution in [0.4, 0.5) is 4.39 Å². The van der Waals surface area contributed by atoms with Gasteiger partial charge in [-0.15, -0.1) is 0 Å². The molecule has 4 rings (SSSR count). The molecule has 1 saturated carbocycles. The first-order valence-electron chi connectivity index (χ1n) is 9.65. The molecule has 1 aliphatic rings. The fraction of sp³-hybridized carbons (Fsp3) is 0.318. The van der Waals surface area contributed by atoms with Crippen LogP contribution in [-0.2, 0) is 6.54 Å². The van der Waals surface area contributed by atoms with Gasteiger partial charge in [-0.25, -0.2) is 4.39 Å². The predicted molar refractivity (Wildman–Crippen MR) is 106 cm³/mol. The average Bonchev–Trinajstić information content (AvgIpc) is 2.74. The minimum Gasteiger partial charge on any atom is -0.360 e. The number of carbonyl (C=O) groups is 1. The third-order valence-electron chi connectivity index (χ3n) is 5.41. The molecule has 0 aliphatic heterocycles. The average molecular weight is 379 g/mol. The number of pyridine rings is 2. The number of aromatic nitrogens is 2. The van der Waals surface area contributed by atoms with Gasteiger partial charge in [0.15, 0.2) is 0 Å². The molecule has 6 heteroatoms. The third kappa shape index (κ3) is 3.67. The molecule has 0 unspecified atom stereocenters. The Morgan fingerprint density at radius 2 is 2.00 bits per heavy atom. The zero-order valence-corrected chi connectivity index (χ0v) is 15.5. The van der Waals surface area contributed by atoms with Crippen LogP contribution in [0.2, 0.25) is 0 Å². The van der Waals surface area contributed by atoms with E-state index in [1.54, 1.807) is 11.1 Å². The van der Waals surface area contributed by atoms with E-state index in [2.05, 4.69) is 9.97 Å². The number of hydrogen-bond acceptors (Lipinski definition) is 3. The van der Waals surface area contributed by atoms with E-state index in [1.807, 2.05) is 18.2 Å². The summed E-state index contributed by atoms with van der Waals surface area (Å²) in [6, 6.07) is 9.64. The number of amides is 1. The SMILES string of the molecule is O=C(c1c[nH]c2ccc(F)cc2c1=O)N(Cc1ccccn1)C1CCCCC1. The van der Waals surface area contributed by atoms with E-state index in [9.17, 15) is 14.0 Å². The van der Waals surface area contributed by atoms with Crippen LogP contribution in [-0.4, -0.2) is 26.8 Å². The molecule has 144 valence electrons. The second-order valence-electron chi connectivity index (χ2n) is 7.27. The Morgan fingerprint density at radius 1 is 1.18 bits per heavy atom. The Balaban J connectivity index is 1.73. The predicted octanol–water partition coefficient (Wildman–Crippen LogP) is 4.04. The number of nitrogens with zero attached hydrogens (tertiary/aromatic N) is 2. The lowest BCUT2D eigenvalue weighted by atomic mass is 9.93. The summed E-state index contributed by atoms with van der Waals surface area (Å²) in [5.41, 5.74) is 0.890. The molecular formula is C22H22FN3O2. The number of nitrogens with one attached hydrogen (secondary N) is 1. The van der Waals surface area contributed by atoms with Crippen molar-refractivity contribution < 1.29 is 9.18 Å². The highest BCUT2D eigenvalue weighted by Crippen LogP contribution is 2.25. The van der Waals surface area contributed by atoms with Crippen molar-refractivity contribution in [3.8, 4) is 0 Å². The van der Waals surface area contributed by atoms with Gasteiger partial charge in [-0.05, 0) is 43.2 Å². The molecule has 0 bridgehead atoms. The number of rotatable bonds is 4. The summed E-state index contributed by atoms with van der Waals surface area (Å²) in [6.45, 7) is 0.352. The summed E-state index contributed by atoms with van der Waals surface area (Å²) < 4.78 is 13.6. The number of H-pyrrole nitrogens is 1. The molecule has 2 heterocycles. The van der Waals surface area contributed by atoms with Crippen LogP contribution in [0, 0.1) is 5.82 Å². The smallest absolute Gasteiger partial charge is 0.259 e. The summed E-state index contributed by atoms with van der Waals surface area (Å²) in [7, 11) is 0. The van der Waals surface area contributed by atoms with Crippen LogP contribution >= 0.6 is 0 Å². The van der Waals surface area contributed by atoms with Gasteiger partial charge in [-0.3, -0.25) is 14.6 Å². The van der Waals surface area contributed by atoms with Gasteiger partial charge >= 0.3 is 0 Å². The molecule has 1 fully saturated rings. The van der Waals surface area contributed by atoms with Crippen molar-refractivity contribution in [3.63, 3.8) is 0 Å². The number of benzene rings is 1. The van der Waals surface area contributed by atoms with E-state index >= 15 is 0 Å². The second-order valence-corrected chi connectivity index (χ2v) is 7.27. The van der Waals surface area contributed by atoms with Gasteiger partial charge in [0.25, 0.3) is 5.91 Å². The van der Waals surface area contributed by atoms with Crippen molar-refractivity contribution in [1.29, 1.82) is 0 Å². The highest BCUT2D eigenvalue weighted by atomic mass is 19.1. The summed E-state index contributed by atoms with van der Waals surface area (Å²) in [4.78, 5) is 35.4. The molecule has 0 spiro atoms. The lowest BCUT2D eigenvalue weighted by molar-refractivity contribution is 0.0609. The largest absolute Gasteiger partial charge is 0.360 e. The molecular weight excluding hydrogens is 357 g/mol. The van der Waals surface area contributed by atoms with Crippen LogP contribution < -0.4 is 5.43 Å². The van der Waals surface area contributed by atoms with Crippen LogP contribution in [0.3, 0.4) is 0 Å². The first kappa shape index (κ1) is 18.3. The summed E-state index contributed by atoms with van der Waals surface area (Å²) in [5.74, 6) is -0.829. The van der Waals surface area contributed by atoms with Gasteiger partial charge in [0.2, 0.25) is 5.43 Å². The number of carbonyl (C=O) groups excluding carboxylic acids is 1. The first-order valence-corrected chi connectivity index (χ1v) is 9.65. The van der Waals surface area contributed by atoms with Crippen molar-refractivity contribution in [2.24, 2.45) is 0 Å². The van der Waals surface area contributed by atoms with Crippen LogP contribution in [0.5, 0.6) is 0 Å². The Hall–Kier alpha value is -3.02. The van der Waals surface area contributed by atoms with Crippen molar-refractivity contribution in [2.45, 2.75) is 44.7 Å². The summed E-state index contributed by atoms with van der Waals surface area (Å²) in [5, 5.41) is 0.187. The molecule has 1 aliphatic carbocycles. The van der Waals surface area contributed by atoms with Gasteiger partial charge < -0.3 is 9.88 Å². The maximum atomic E-state index is 13.6. The normalized spacial score (nSPS) is 14.9. The highest BCUT2D eigenvalue weighted by Gasteiger charge is 2.28. The second kappa shape index (κ2) is 7.92. The van der Waals surface area contributed by atoms with E-state index < -0.39 is 11.2 Å². The molecule has 1 N–H and O–H groups in total.